The van der Waals surface area contributed by atoms with Crippen molar-refractivity contribution in [2.45, 2.75) is 139 Å². The van der Waals surface area contributed by atoms with Crippen LogP contribution < -0.4 is 48.3 Å². The number of likely N-dealkylation sites (tertiary alicyclic amines) is 1. The van der Waals surface area contributed by atoms with E-state index in [0.29, 0.717) is 32.4 Å². The molecule has 2 saturated heterocycles. The smallest absolute Gasteiger partial charge is 0.306 e. The molecule has 2 unspecified atom stereocenters. The maximum Gasteiger partial charge on any atom is 0.306 e. The lowest BCUT2D eigenvalue weighted by Crippen LogP contribution is -2.62. The zero-order chi connectivity index (χ0) is 55.1. The molecule has 0 aliphatic carbocycles. The van der Waals surface area contributed by atoms with Crippen LogP contribution in [0.4, 0.5) is 0 Å². The first-order chi connectivity index (χ1) is 34.9. The van der Waals surface area contributed by atoms with E-state index in [1.807, 2.05) is 0 Å². The van der Waals surface area contributed by atoms with Crippen LogP contribution in [0, 0.1) is 17.8 Å². The van der Waals surface area contributed by atoms with Gasteiger partial charge in [-0.2, -0.15) is 0 Å². The summed E-state index contributed by atoms with van der Waals surface area (Å²) >= 11 is -1.04. The largest absolute Gasteiger partial charge is 0.610 e. The third-order valence-electron chi connectivity index (χ3n) is 13.3. The standard InChI is InChI=1S/C45H71N11O16S2/c1-6-21(3)35(51-31(61)7-2)40(67)48-17-33(63)49-27-20-74(72)43-37(42(54-43)73-25-9-12-55(13-10-25)34(64)8-11-47-32(62)14-22(4)45(70)71)53-41(68)36(23(5)29(59)19-57)52-39(66)28-15-24(58)18-56(28)44(69)26(16-30(46)60)50-38(27)65/h21-29,35-36,42,54,57-59H,6-20H2,1-5H3,(H2,46,60)(H,47,62)(H,48,67)(H,49,63)(H,50,65)(H,51,61)(H,52,66)(H,53,68)(H,70,71)/t21-,22?,23-,24+,26-,27-,28-,29-,35-,36-,42+,74?/m0/s1. The van der Waals surface area contributed by atoms with Gasteiger partial charge in [-0.3, -0.25) is 52.7 Å². The van der Waals surface area contributed by atoms with E-state index >= 15 is 0 Å². The van der Waals surface area contributed by atoms with Crippen LogP contribution in [0.1, 0.15) is 86.0 Å². The maximum atomic E-state index is 14.5. The molecule has 14 N–H and O–H groups in total. The topological polar surface area (TPSA) is 420 Å². The van der Waals surface area contributed by atoms with Gasteiger partial charge in [0.25, 0.3) is 0 Å². The third kappa shape index (κ3) is 16.9. The number of aliphatic hydroxyl groups excluding tert-OH is 3. The van der Waals surface area contributed by atoms with Crippen LogP contribution in [0.15, 0.2) is 10.7 Å². The number of fused-ring (bicyclic) bond motifs is 1. The molecule has 29 heteroatoms. The molecule has 4 heterocycles. The monoisotopic (exact) mass is 1090 g/mol. The van der Waals surface area contributed by atoms with Crippen LogP contribution in [0.5, 0.6) is 0 Å². The highest BCUT2D eigenvalue weighted by Crippen LogP contribution is 2.37. The van der Waals surface area contributed by atoms with Gasteiger partial charge < -0.3 is 83.0 Å². The van der Waals surface area contributed by atoms with Crippen LogP contribution in [0.2, 0.25) is 0 Å². The molecule has 0 aromatic heterocycles. The van der Waals surface area contributed by atoms with Crippen molar-refractivity contribution in [1.29, 1.82) is 0 Å². The fraction of sp³-hybridized carbons (Fsp3) is 0.711. The van der Waals surface area contributed by atoms with Crippen LogP contribution in [0.3, 0.4) is 0 Å². The summed E-state index contributed by atoms with van der Waals surface area (Å²) in [5, 5.41) is 60.0. The number of nitrogens with zero attached hydrogens (tertiary/aromatic N) is 2. The van der Waals surface area contributed by atoms with Crippen molar-refractivity contribution < 1.29 is 77.7 Å². The van der Waals surface area contributed by atoms with Gasteiger partial charge in [0.15, 0.2) is 6.04 Å². The Morgan fingerprint density at radius 2 is 1.61 bits per heavy atom. The zero-order valence-corrected chi connectivity index (χ0v) is 43.6. The molecule has 4 aliphatic heterocycles. The van der Waals surface area contributed by atoms with Crippen molar-refractivity contribution in [3.05, 3.63) is 10.7 Å². The Hall–Kier alpha value is -5.75. The Balaban J connectivity index is 1.65. The Morgan fingerprint density at radius 1 is 0.932 bits per heavy atom. The van der Waals surface area contributed by atoms with Crippen molar-refractivity contribution in [2.75, 3.05) is 45.1 Å². The number of aliphatic carboxylic acids is 1. The van der Waals surface area contributed by atoms with Gasteiger partial charge >= 0.3 is 5.97 Å². The van der Waals surface area contributed by atoms with Crippen LogP contribution in [-0.2, 0) is 63.9 Å². The number of carboxylic acids is 1. The Kier molecular flexibility index (Phi) is 23.2. The second-order valence-electron chi connectivity index (χ2n) is 18.9. The number of hydrogen-bond donors (Lipinski definition) is 13. The van der Waals surface area contributed by atoms with Gasteiger partial charge in [0.05, 0.1) is 37.7 Å². The van der Waals surface area contributed by atoms with E-state index in [-0.39, 0.29) is 60.0 Å². The fourth-order valence-electron chi connectivity index (χ4n) is 8.44. The SMILES string of the molecule is CCC(=O)N[C@H](C(=O)NCC(=O)N[C@H]1C[S+]([O-])C2=C(NC(=O)[C@H]([C@@H](C)[C@@H](O)CO)NC(=O)[C@@H]3C[C@@H](O)CN3C(=O)[C@H](CC(N)=O)NC1=O)[C@@H](SC1CCN(C(=O)CCNC(=O)CC(C)C(=O)O)CC1)N2)[C@@H](C)CC. The van der Waals surface area contributed by atoms with Crippen LogP contribution >= 0.6 is 11.8 Å². The number of carbonyl (C=O) groups is 11. The lowest BCUT2D eigenvalue weighted by molar-refractivity contribution is -0.143. The number of hydrogen-bond acceptors (Lipinski definition) is 17. The summed E-state index contributed by atoms with van der Waals surface area (Å²) < 4.78 is 14.5. The predicted octanol–water partition coefficient (Wildman–Crippen LogP) is -5.36. The molecule has 414 valence electrons. The number of carbonyl (C=O) groups excluding carboxylic acids is 10. The number of aliphatic hydroxyl groups is 3. The quantitative estimate of drug-likeness (QED) is 0.0477. The number of carboxylic acid groups (broad SMARTS) is 1. The van der Waals surface area contributed by atoms with Crippen molar-refractivity contribution in [3.8, 4) is 0 Å². The van der Waals surface area contributed by atoms with Crippen molar-refractivity contribution >= 4 is 88.0 Å². The lowest BCUT2D eigenvalue weighted by atomic mass is 9.94. The number of amides is 10. The summed E-state index contributed by atoms with van der Waals surface area (Å²) in [7, 11) is 0. The molecule has 10 amide bonds. The lowest BCUT2D eigenvalue weighted by Gasteiger charge is -2.39. The normalized spacial score (nSPS) is 25.9. The third-order valence-corrected chi connectivity index (χ3v) is 16.2. The van der Waals surface area contributed by atoms with Crippen molar-refractivity contribution in [2.24, 2.45) is 23.5 Å². The Bertz CT molecular complexity index is 2150. The second kappa shape index (κ2) is 28.2. The first-order valence-corrected chi connectivity index (χ1v) is 26.8. The number of thioether (sulfide) groups is 1. The molecule has 0 aromatic rings. The zero-order valence-electron chi connectivity index (χ0n) is 42.0. The molecular formula is C45H71N11O16S2. The average molecular weight is 1090 g/mol. The number of rotatable bonds is 21. The van der Waals surface area contributed by atoms with Gasteiger partial charge in [0, 0.05) is 74.2 Å². The van der Waals surface area contributed by atoms with E-state index in [1.165, 1.54) is 25.6 Å². The summed E-state index contributed by atoms with van der Waals surface area (Å²) in [6.45, 7) is 6.41. The minimum atomic E-state index is -2.33. The summed E-state index contributed by atoms with van der Waals surface area (Å²) in [5.74, 6) is -12.4. The molecule has 27 nitrogen and oxygen atoms in total. The molecule has 2 fully saturated rings. The molecule has 4 rings (SSSR count). The highest BCUT2D eigenvalue weighted by atomic mass is 32.2. The van der Waals surface area contributed by atoms with Gasteiger partial charge in [-0.1, -0.05) is 41.0 Å². The van der Waals surface area contributed by atoms with Crippen molar-refractivity contribution in [1.82, 2.24) is 52.3 Å². The van der Waals surface area contributed by atoms with Gasteiger partial charge in [-0.25, -0.2) is 0 Å². The minimum Gasteiger partial charge on any atom is -0.610 e. The van der Waals surface area contributed by atoms with E-state index in [4.69, 9.17) is 10.8 Å². The van der Waals surface area contributed by atoms with E-state index in [2.05, 4.69) is 42.5 Å². The van der Waals surface area contributed by atoms with Crippen molar-refractivity contribution in [3.63, 3.8) is 0 Å². The maximum absolute atomic E-state index is 14.5. The van der Waals surface area contributed by atoms with Crippen LogP contribution in [0.25, 0.3) is 0 Å². The predicted molar refractivity (Wildman–Crippen MR) is 264 cm³/mol. The van der Waals surface area contributed by atoms with Gasteiger partial charge in [0.1, 0.15) is 41.0 Å². The molecule has 74 heavy (non-hydrogen) atoms. The molecule has 0 aromatic carbocycles. The number of primary amides is 1. The number of nitrogens with two attached hydrogens (primary N) is 1. The summed E-state index contributed by atoms with van der Waals surface area (Å²) in [4.78, 5) is 147. The Labute approximate surface area is 435 Å². The van der Waals surface area contributed by atoms with E-state index in [0.717, 1.165) is 4.90 Å². The van der Waals surface area contributed by atoms with Gasteiger partial charge in [0.2, 0.25) is 64.1 Å². The summed E-state index contributed by atoms with van der Waals surface area (Å²) in [5.41, 5.74) is 5.51. The summed E-state index contributed by atoms with van der Waals surface area (Å²) in [6.07, 6.45) is -2.92. The number of piperidine rings is 1. The highest BCUT2D eigenvalue weighted by molar-refractivity contribution is 8.01. The van der Waals surface area contributed by atoms with Gasteiger partial charge in [-0.15, -0.1) is 11.8 Å². The molecular weight excluding hydrogens is 1010 g/mol. The Morgan fingerprint density at radius 3 is 2.22 bits per heavy atom. The van der Waals surface area contributed by atoms with E-state index < -0.39 is 162 Å². The minimum absolute atomic E-state index is 0.00235. The molecule has 0 saturated carbocycles. The molecule has 4 aliphatic rings. The molecule has 12 atom stereocenters. The van der Waals surface area contributed by atoms with Gasteiger partial charge in [-0.05, 0) is 18.8 Å². The molecule has 0 spiro atoms. The number of nitrogens with one attached hydrogen (secondary N) is 8. The van der Waals surface area contributed by atoms with E-state index in [9.17, 15) is 72.6 Å². The second-order valence-corrected chi connectivity index (χ2v) is 21.7. The fourth-order valence-corrected chi connectivity index (χ4v) is 11.3. The highest BCUT2D eigenvalue weighted by Gasteiger charge is 2.47. The van der Waals surface area contributed by atoms with E-state index in [1.54, 1.807) is 25.7 Å². The first-order valence-electron chi connectivity index (χ1n) is 24.5. The van der Waals surface area contributed by atoms with Crippen LogP contribution in [-0.4, -0.2) is 198 Å². The first kappa shape index (κ1) is 60.8. The summed E-state index contributed by atoms with van der Waals surface area (Å²) in [6, 6.07) is -7.78. The molecule has 0 radical (unpaired) electrons. The average Bonchev–Trinajstić information content (AvgIpc) is 3.76. The molecule has 0 bridgehead atoms.